The van der Waals surface area contributed by atoms with Gasteiger partial charge in [-0.05, 0) is 12.1 Å². The summed E-state index contributed by atoms with van der Waals surface area (Å²) in [5, 5.41) is 4.62. The third kappa shape index (κ3) is 2.05. The van der Waals surface area contributed by atoms with Gasteiger partial charge < -0.3 is 10.6 Å². The van der Waals surface area contributed by atoms with Gasteiger partial charge in [-0.15, -0.1) is 0 Å². The molecular weight excluding hydrogens is 252 g/mol. The fourth-order valence-electron chi connectivity index (χ4n) is 2.73. The number of fused-ring (bicyclic) bond motifs is 1. The number of benzene rings is 1. The summed E-state index contributed by atoms with van der Waals surface area (Å²) in [7, 11) is 1.96. The van der Waals surface area contributed by atoms with Crippen LogP contribution in [0.2, 0.25) is 0 Å². The van der Waals surface area contributed by atoms with Gasteiger partial charge in [-0.3, -0.25) is 9.48 Å². The van der Waals surface area contributed by atoms with Crippen LogP contribution in [0.25, 0.3) is 11.3 Å². The van der Waals surface area contributed by atoms with Gasteiger partial charge in [0.1, 0.15) is 0 Å². The first-order chi connectivity index (χ1) is 9.56. The zero-order valence-electron chi connectivity index (χ0n) is 11.8. The van der Waals surface area contributed by atoms with Crippen LogP contribution >= 0.6 is 0 Å². The van der Waals surface area contributed by atoms with Gasteiger partial charge in [0.25, 0.3) is 0 Å². The van der Waals surface area contributed by atoms with E-state index >= 15 is 0 Å². The second-order valence-electron chi connectivity index (χ2n) is 5.21. The van der Waals surface area contributed by atoms with Gasteiger partial charge in [0.2, 0.25) is 5.91 Å². The molecule has 2 N–H and O–H groups in total. The first kappa shape index (κ1) is 12.7. The van der Waals surface area contributed by atoms with Gasteiger partial charge in [-0.2, -0.15) is 5.10 Å². The van der Waals surface area contributed by atoms with Crippen molar-refractivity contribution in [1.29, 1.82) is 0 Å². The minimum absolute atomic E-state index is 0.114. The minimum Gasteiger partial charge on any atom is -0.399 e. The molecule has 1 aliphatic rings. The van der Waals surface area contributed by atoms with Gasteiger partial charge in [-0.1, -0.05) is 12.1 Å². The van der Waals surface area contributed by atoms with E-state index in [1.54, 1.807) is 6.92 Å². The summed E-state index contributed by atoms with van der Waals surface area (Å²) < 4.78 is 1.93. The molecule has 0 aliphatic carbocycles. The molecule has 5 heteroatoms. The quantitative estimate of drug-likeness (QED) is 0.800. The molecule has 3 rings (SSSR count). The highest BCUT2D eigenvalue weighted by Gasteiger charge is 2.25. The number of carbonyl (C=O) groups excluding carboxylic acids is 1. The van der Waals surface area contributed by atoms with Gasteiger partial charge in [-0.25, -0.2) is 0 Å². The maximum absolute atomic E-state index is 11.6. The number of nitrogens with two attached hydrogens (primary N) is 1. The number of aryl methyl sites for hydroxylation is 1. The molecule has 0 fully saturated rings. The standard InChI is InChI=1S/C15H18N4O/c1-10(20)19-8-7-14-13(9-19)15(17-18(14)2)11-3-5-12(16)6-4-11/h3-6H,7-9,16H2,1-2H3. The van der Waals surface area contributed by atoms with Crippen LogP contribution in [0.3, 0.4) is 0 Å². The van der Waals surface area contributed by atoms with E-state index in [-0.39, 0.29) is 5.91 Å². The average Bonchev–Trinajstić information content (AvgIpc) is 2.76. The maximum Gasteiger partial charge on any atom is 0.219 e. The summed E-state index contributed by atoms with van der Waals surface area (Å²) in [4.78, 5) is 13.5. The van der Waals surface area contributed by atoms with Crippen LogP contribution in [0.1, 0.15) is 18.2 Å². The van der Waals surface area contributed by atoms with E-state index in [0.717, 1.165) is 35.5 Å². The molecule has 104 valence electrons. The molecule has 5 nitrogen and oxygen atoms in total. The minimum atomic E-state index is 0.114. The van der Waals surface area contributed by atoms with Crippen LogP contribution < -0.4 is 5.73 Å². The van der Waals surface area contributed by atoms with Crippen LogP contribution in [-0.2, 0) is 24.8 Å². The Morgan fingerprint density at radius 1 is 1.30 bits per heavy atom. The Kier molecular flexibility index (Phi) is 2.97. The Bertz CT molecular complexity index is 657. The SMILES string of the molecule is CC(=O)N1CCc2c(c(-c3ccc(N)cc3)nn2C)C1. The summed E-state index contributed by atoms with van der Waals surface area (Å²) in [5.41, 5.74) is 10.8. The lowest BCUT2D eigenvalue weighted by Gasteiger charge is -2.26. The third-order valence-corrected chi connectivity index (χ3v) is 3.87. The molecule has 0 bridgehead atoms. The van der Waals surface area contributed by atoms with Crippen LogP contribution in [0.4, 0.5) is 5.69 Å². The van der Waals surface area contributed by atoms with Crippen molar-refractivity contribution in [3.05, 3.63) is 35.5 Å². The molecule has 0 saturated heterocycles. The van der Waals surface area contributed by atoms with Crippen LogP contribution in [0.15, 0.2) is 24.3 Å². The molecule has 0 radical (unpaired) electrons. The number of carbonyl (C=O) groups is 1. The summed E-state index contributed by atoms with van der Waals surface area (Å²) in [6.45, 7) is 3.02. The van der Waals surface area contributed by atoms with Crippen molar-refractivity contribution < 1.29 is 4.79 Å². The number of amides is 1. The van der Waals surface area contributed by atoms with E-state index in [2.05, 4.69) is 5.10 Å². The van der Waals surface area contributed by atoms with Crippen molar-refractivity contribution in [1.82, 2.24) is 14.7 Å². The zero-order chi connectivity index (χ0) is 14.3. The second-order valence-corrected chi connectivity index (χ2v) is 5.21. The van der Waals surface area contributed by atoms with Crippen molar-refractivity contribution in [2.24, 2.45) is 7.05 Å². The molecule has 0 saturated carbocycles. The largest absolute Gasteiger partial charge is 0.399 e. The summed E-state index contributed by atoms with van der Waals surface area (Å²) in [6, 6.07) is 7.71. The second kappa shape index (κ2) is 4.67. The Labute approximate surface area is 118 Å². The number of nitrogen functional groups attached to an aromatic ring is 1. The van der Waals surface area contributed by atoms with Crippen LogP contribution in [0, 0.1) is 0 Å². The third-order valence-electron chi connectivity index (χ3n) is 3.87. The predicted molar refractivity (Wildman–Crippen MR) is 77.9 cm³/mol. The molecule has 1 aromatic carbocycles. The van der Waals surface area contributed by atoms with E-state index in [0.29, 0.717) is 6.54 Å². The lowest BCUT2D eigenvalue weighted by molar-refractivity contribution is -0.129. The van der Waals surface area contributed by atoms with E-state index in [4.69, 9.17) is 5.73 Å². The highest BCUT2D eigenvalue weighted by Crippen LogP contribution is 2.30. The first-order valence-corrected chi connectivity index (χ1v) is 6.72. The fraction of sp³-hybridized carbons (Fsp3) is 0.333. The molecule has 1 amide bonds. The van der Waals surface area contributed by atoms with Crippen LogP contribution in [-0.4, -0.2) is 27.1 Å². The Morgan fingerprint density at radius 2 is 2.00 bits per heavy atom. The number of nitrogens with zero attached hydrogens (tertiary/aromatic N) is 3. The number of aromatic nitrogens is 2. The molecular formula is C15H18N4O. The highest BCUT2D eigenvalue weighted by atomic mass is 16.2. The topological polar surface area (TPSA) is 64.2 Å². The van der Waals surface area contributed by atoms with Gasteiger partial charge in [0.05, 0.1) is 5.69 Å². The molecule has 0 spiro atoms. The lowest BCUT2D eigenvalue weighted by atomic mass is 10.0. The summed E-state index contributed by atoms with van der Waals surface area (Å²) >= 11 is 0. The average molecular weight is 270 g/mol. The predicted octanol–water partition coefficient (Wildman–Crippen LogP) is 1.57. The van der Waals surface area contributed by atoms with Gasteiger partial charge >= 0.3 is 0 Å². The Balaban J connectivity index is 2.05. The molecule has 0 atom stereocenters. The van der Waals surface area contributed by atoms with Crippen molar-refractivity contribution in [3.8, 4) is 11.3 Å². The summed E-state index contributed by atoms with van der Waals surface area (Å²) in [5.74, 6) is 0.114. The van der Waals surface area contributed by atoms with Crippen LogP contribution in [0.5, 0.6) is 0 Å². The van der Waals surface area contributed by atoms with E-state index in [1.807, 2.05) is 40.9 Å². The van der Waals surface area contributed by atoms with E-state index < -0.39 is 0 Å². The Morgan fingerprint density at radius 3 is 2.65 bits per heavy atom. The van der Waals surface area contributed by atoms with E-state index in [9.17, 15) is 4.79 Å². The maximum atomic E-state index is 11.6. The molecule has 2 aromatic rings. The number of rotatable bonds is 1. The number of hydrogen-bond donors (Lipinski definition) is 1. The van der Waals surface area contributed by atoms with Gasteiger partial charge in [0, 0.05) is 56.0 Å². The van der Waals surface area contributed by atoms with Crippen molar-refractivity contribution in [2.75, 3.05) is 12.3 Å². The number of hydrogen-bond acceptors (Lipinski definition) is 3. The smallest absolute Gasteiger partial charge is 0.219 e. The highest BCUT2D eigenvalue weighted by molar-refractivity contribution is 5.74. The normalized spacial score (nSPS) is 14.2. The van der Waals surface area contributed by atoms with E-state index in [1.165, 1.54) is 5.69 Å². The zero-order valence-corrected chi connectivity index (χ0v) is 11.8. The molecule has 1 aromatic heterocycles. The van der Waals surface area contributed by atoms with Gasteiger partial charge in [0.15, 0.2) is 0 Å². The lowest BCUT2D eigenvalue weighted by Crippen LogP contribution is -2.34. The molecule has 1 aliphatic heterocycles. The Hall–Kier alpha value is -2.30. The molecule has 0 unspecified atom stereocenters. The summed E-state index contributed by atoms with van der Waals surface area (Å²) in [6.07, 6.45) is 0.855. The fourth-order valence-corrected chi connectivity index (χ4v) is 2.73. The first-order valence-electron chi connectivity index (χ1n) is 6.72. The monoisotopic (exact) mass is 270 g/mol. The number of anilines is 1. The van der Waals surface area contributed by atoms with Crippen molar-refractivity contribution >= 4 is 11.6 Å². The molecule has 20 heavy (non-hydrogen) atoms. The van der Waals surface area contributed by atoms with Crippen molar-refractivity contribution in [2.45, 2.75) is 19.9 Å². The molecule has 2 heterocycles. The van der Waals surface area contributed by atoms with Crippen molar-refractivity contribution in [3.63, 3.8) is 0 Å².